The van der Waals surface area contributed by atoms with Gasteiger partial charge >= 0.3 is 5.97 Å². The first-order valence-corrected chi connectivity index (χ1v) is 7.91. The molecule has 1 aliphatic rings. The van der Waals surface area contributed by atoms with E-state index in [2.05, 4.69) is 43.3 Å². The van der Waals surface area contributed by atoms with Crippen molar-refractivity contribution in [2.24, 2.45) is 0 Å². The lowest BCUT2D eigenvalue weighted by Crippen LogP contribution is -2.18. The number of esters is 1. The summed E-state index contributed by atoms with van der Waals surface area (Å²) >= 11 is 0. The molecule has 4 rings (SSSR count). The summed E-state index contributed by atoms with van der Waals surface area (Å²) in [5.41, 5.74) is 2.37. The Morgan fingerprint density at radius 3 is 2.74 bits per heavy atom. The Hall–Kier alpha value is -2.39. The zero-order chi connectivity index (χ0) is 15.8. The van der Waals surface area contributed by atoms with Crippen molar-refractivity contribution in [1.82, 2.24) is 0 Å². The molecule has 0 N–H and O–H groups in total. The summed E-state index contributed by atoms with van der Waals surface area (Å²) in [7, 11) is 0. The summed E-state index contributed by atoms with van der Waals surface area (Å²) in [4.78, 5) is 11.6. The molecule has 0 aromatic heterocycles. The molecule has 3 aromatic carbocycles. The van der Waals surface area contributed by atoms with Gasteiger partial charge in [-0.05, 0) is 40.1 Å². The molecule has 0 bridgehead atoms. The molecular formula is C20H18O3. The van der Waals surface area contributed by atoms with Gasteiger partial charge in [0.2, 0.25) is 0 Å². The Labute approximate surface area is 134 Å². The first-order valence-electron chi connectivity index (χ1n) is 7.91. The molecule has 1 aliphatic heterocycles. The molecule has 3 aromatic rings. The van der Waals surface area contributed by atoms with Crippen molar-refractivity contribution in [1.29, 1.82) is 0 Å². The van der Waals surface area contributed by atoms with Gasteiger partial charge < -0.3 is 9.47 Å². The van der Waals surface area contributed by atoms with Crippen molar-refractivity contribution < 1.29 is 14.3 Å². The first-order chi connectivity index (χ1) is 11.2. The second kappa shape index (κ2) is 5.67. The third-order valence-corrected chi connectivity index (χ3v) is 4.45. The van der Waals surface area contributed by atoms with Crippen LogP contribution in [0.2, 0.25) is 0 Å². The highest BCUT2D eigenvalue weighted by Crippen LogP contribution is 2.30. The maximum absolute atomic E-state index is 11.6. The second-order valence-corrected chi connectivity index (χ2v) is 6.06. The van der Waals surface area contributed by atoms with Crippen LogP contribution < -0.4 is 0 Å². The number of hydrogen-bond donors (Lipinski definition) is 0. The van der Waals surface area contributed by atoms with Crippen LogP contribution in [0.5, 0.6) is 0 Å². The summed E-state index contributed by atoms with van der Waals surface area (Å²) < 4.78 is 10.9. The van der Waals surface area contributed by atoms with Crippen LogP contribution in [-0.4, -0.2) is 18.7 Å². The summed E-state index contributed by atoms with van der Waals surface area (Å²) in [6, 6.07) is 17.0. The smallest absolute Gasteiger partial charge is 0.335 e. The number of carbonyl (C=O) groups is 1. The van der Waals surface area contributed by atoms with E-state index >= 15 is 0 Å². The molecule has 1 unspecified atom stereocenters. The fourth-order valence-electron chi connectivity index (χ4n) is 3.25. The van der Waals surface area contributed by atoms with Crippen molar-refractivity contribution in [2.45, 2.75) is 26.1 Å². The monoisotopic (exact) mass is 306 g/mol. The van der Waals surface area contributed by atoms with Crippen LogP contribution in [0.15, 0.2) is 48.5 Å². The lowest BCUT2D eigenvalue weighted by atomic mass is 9.96. The third kappa shape index (κ3) is 2.57. The zero-order valence-corrected chi connectivity index (χ0v) is 13.0. The van der Waals surface area contributed by atoms with E-state index in [0.717, 1.165) is 5.56 Å². The van der Waals surface area contributed by atoms with Gasteiger partial charge in [-0.15, -0.1) is 0 Å². The van der Waals surface area contributed by atoms with Gasteiger partial charge in [0.05, 0.1) is 13.2 Å². The maximum atomic E-state index is 11.6. The minimum atomic E-state index is -0.436. The average Bonchev–Trinajstić information content (AvgIpc) is 2.96. The van der Waals surface area contributed by atoms with E-state index in [1.54, 1.807) is 0 Å². The molecule has 0 spiro atoms. The van der Waals surface area contributed by atoms with Crippen molar-refractivity contribution >= 4 is 27.5 Å². The standard InChI is InChI=1S/C20H18O3/c1-13-6-7-17-15(10-13)11-14-4-2-3-5-16(14)18(17)12-23-19-8-9-22-20(19)21/h2-7,10-11,19H,8-9,12H2,1H3. The van der Waals surface area contributed by atoms with E-state index in [1.165, 1.54) is 27.1 Å². The van der Waals surface area contributed by atoms with E-state index in [9.17, 15) is 4.79 Å². The summed E-state index contributed by atoms with van der Waals surface area (Å²) in [5, 5.41) is 4.75. The van der Waals surface area contributed by atoms with Crippen LogP contribution in [-0.2, 0) is 20.9 Å². The van der Waals surface area contributed by atoms with Gasteiger partial charge in [0.1, 0.15) is 0 Å². The van der Waals surface area contributed by atoms with Gasteiger partial charge in [0.25, 0.3) is 0 Å². The van der Waals surface area contributed by atoms with E-state index in [0.29, 0.717) is 19.6 Å². The average molecular weight is 306 g/mol. The lowest BCUT2D eigenvalue weighted by molar-refractivity contribution is -0.147. The minimum absolute atomic E-state index is 0.245. The van der Waals surface area contributed by atoms with Crippen molar-refractivity contribution in [3.8, 4) is 0 Å². The Kier molecular flexibility index (Phi) is 3.50. The molecule has 0 amide bonds. The molecule has 0 radical (unpaired) electrons. The van der Waals surface area contributed by atoms with Gasteiger partial charge in [-0.2, -0.15) is 0 Å². The third-order valence-electron chi connectivity index (χ3n) is 4.45. The topological polar surface area (TPSA) is 35.5 Å². The molecule has 0 aliphatic carbocycles. The molecule has 1 atom stereocenters. The van der Waals surface area contributed by atoms with Crippen LogP contribution in [0.1, 0.15) is 17.5 Å². The van der Waals surface area contributed by atoms with Gasteiger partial charge in [-0.3, -0.25) is 0 Å². The normalized spacial score (nSPS) is 17.8. The zero-order valence-electron chi connectivity index (χ0n) is 13.0. The fourth-order valence-corrected chi connectivity index (χ4v) is 3.25. The summed E-state index contributed by atoms with van der Waals surface area (Å²) in [6.45, 7) is 2.97. The molecular weight excluding hydrogens is 288 g/mol. The first kappa shape index (κ1) is 14.2. The van der Waals surface area contributed by atoms with E-state index in [1.807, 2.05) is 12.1 Å². The van der Waals surface area contributed by atoms with E-state index in [-0.39, 0.29) is 5.97 Å². The van der Waals surface area contributed by atoms with Crippen LogP contribution in [0.3, 0.4) is 0 Å². The summed E-state index contributed by atoms with van der Waals surface area (Å²) in [6.07, 6.45) is 0.204. The van der Waals surface area contributed by atoms with E-state index in [4.69, 9.17) is 9.47 Å². The number of cyclic esters (lactones) is 1. The number of fused-ring (bicyclic) bond motifs is 2. The second-order valence-electron chi connectivity index (χ2n) is 6.06. The quantitative estimate of drug-likeness (QED) is 0.539. The van der Waals surface area contributed by atoms with Crippen LogP contribution >= 0.6 is 0 Å². The van der Waals surface area contributed by atoms with Crippen LogP contribution in [0.25, 0.3) is 21.5 Å². The van der Waals surface area contributed by atoms with Gasteiger partial charge in [-0.1, -0.05) is 48.0 Å². The van der Waals surface area contributed by atoms with Gasteiger partial charge in [0, 0.05) is 6.42 Å². The van der Waals surface area contributed by atoms with Crippen molar-refractivity contribution in [3.63, 3.8) is 0 Å². The Morgan fingerprint density at radius 1 is 1.09 bits per heavy atom. The summed E-state index contributed by atoms with van der Waals surface area (Å²) in [5.74, 6) is -0.245. The highest BCUT2D eigenvalue weighted by atomic mass is 16.6. The maximum Gasteiger partial charge on any atom is 0.335 e. The lowest BCUT2D eigenvalue weighted by Gasteiger charge is -2.14. The predicted molar refractivity (Wildman–Crippen MR) is 90.3 cm³/mol. The Morgan fingerprint density at radius 2 is 1.91 bits per heavy atom. The number of hydrogen-bond acceptors (Lipinski definition) is 3. The van der Waals surface area contributed by atoms with Crippen molar-refractivity contribution in [2.75, 3.05) is 6.61 Å². The predicted octanol–water partition coefficient (Wildman–Crippen LogP) is 4.13. The minimum Gasteiger partial charge on any atom is -0.464 e. The highest BCUT2D eigenvalue weighted by molar-refractivity contribution is 6.02. The SMILES string of the molecule is Cc1ccc2c(COC3CCOC3=O)c3ccccc3cc2c1. The van der Waals surface area contributed by atoms with Crippen LogP contribution in [0.4, 0.5) is 0 Å². The molecule has 23 heavy (non-hydrogen) atoms. The molecule has 3 heteroatoms. The van der Waals surface area contributed by atoms with Gasteiger partial charge in [-0.25, -0.2) is 4.79 Å². The molecule has 0 saturated carbocycles. The molecule has 1 fully saturated rings. The molecule has 3 nitrogen and oxygen atoms in total. The number of rotatable bonds is 3. The van der Waals surface area contributed by atoms with Crippen molar-refractivity contribution in [3.05, 3.63) is 59.7 Å². The number of aryl methyl sites for hydroxylation is 1. The number of benzene rings is 3. The van der Waals surface area contributed by atoms with Crippen LogP contribution in [0, 0.1) is 6.92 Å². The molecule has 1 saturated heterocycles. The molecule has 116 valence electrons. The fraction of sp³-hybridized carbons (Fsp3) is 0.250. The van der Waals surface area contributed by atoms with Gasteiger partial charge in [0.15, 0.2) is 6.10 Å². The van der Waals surface area contributed by atoms with E-state index < -0.39 is 6.10 Å². The Bertz CT molecular complexity index is 898. The molecule has 1 heterocycles. The Balaban J connectivity index is 1.82. The highest BCUT2D eigenvalue weighted by Gasteiger charge is 2.27. The number of ether oxygens (including phenoxy) is 2. The largest absolute Gasteiger partial charge is 0.464 e. The number of carbonyl (C=O) groups excluding carboxylic acids is 1.